The molecule has 0 spiro atoms. The van der Waals surface area contributed by atoms with Gasteiger partial charge in [0, 0.05) is 18.8 Å². The summed E-state index contributed by atoms with van der Waals surface area (Å²) in [6.45, 7) is 0.436. The van der Waals surface area contributed by atoms with Gasteiger partial charge in [0.15, 0.2) is 5.65 Å². The summed E-state index contributed by atoms with van der Waals surface area (Å²) >= 11 is 0. The van der Waals surface area contributed by atoms with Gasteiger partial charge in [-0.1, -0.05) is 25.0 Å². The summed E-state index contributed by atoms with van der Waals surface area (Å²) in [5.74, 6) is -0.157. The fourth-order valence-electron chi connectivity index (χ4n) is 3.89. The highest BCUT2D eigenvalue weighted by molar-refractivity contribution is 5.96. The molecule has 1 fully saturated rings. The topological polar surface area (TPSA) is 90.5 Å². The molecule has 1 saturated carbocycles. The van der Waals surface area contributed by atoms with Crippen LogP contribution in [0, 0.1) is 0 Å². The molecule has 8 nitrogen and oxygen atoms in total. The van der Waals surface area contributed by atoms with Gasteiger partial charge in [-0.05, 0) is 36.6 Å². The molecule has 3 aromatic heterocycles. The van der Waals surface area contributed by atoms with E-state index in [2.05, 4.69) is 29.9 Å². The van der Waals surface area contributed by atoms with Gasteiger partial charge in [-0.15, -0.1) is 0 Å². The Labute approximate surface area is 167 Å². The summed E-state index contributed by atoms with van der Waals surface area (Å²) in [5.41, 5.74) is 4.07. The van der Waals surface area contributed by atoms with E-state index in [9.17, 15) is 4.79 Å². The third-order valence-corrected chi connectivity index (χ3v) is 5.47. The highest BCUT2D eigenvalue weighted by Crippen LogP contribution is 2.31. The van der Waals surface area contributed by atoms with Crippen molar-refractivity contribution in [2.75, 3.05) is 0 Å². The largest absolute Gasteiger partial charge is 0.348 e. The Hall–Kier alpha value is -3.55. The summed E-state index contributed by atoms with van der Waals surface area (Å²) in [6.07, 6.45) is 11.5. The molecule has 1 amide bonds. The van der Waals surface area contributed by atoms with Gasteiger partial charge in [-0.3, -0.25) is 4.79 Å². The molecule has 0 unspecified atom stereocenters. The highest BCUT2D eigenvalue weighted by atomic mass is 16.1. The Morgan fingerprint density at radius 3 is 2.69 bits per heavy atom. The number of nitrogens with zero attached hydrogens (tertiary/aromatic N) is 6. The number of carbonyl (C=O) groups excluding carboxylic acids is 1. The lowest BCUT2D eigenvalue weighted by Gasteiger charge is -2.11. The number of nitrogens with one attached hydrogen (secondary N) is 1. The Bertz CT molecular complexity index is 1130. The van der Waals surface area contributed by atoms with Crippen molar-refractivity contribution in [1.82, 2.24) is 34.6 Å². The van der Waals surface area contributed by atoms with E-state index in [0.29, 0.717) is 18.2 Å². The second kappa shape index (κ2) is 7.46. The Morgan fingerprint density at radius 1 is 1.10 bits per heavy atom. The zero-order valence-electron chi connectivity index (χ0n) is 15.9. The van der Waals surface area contributed by atoms with Crippen LogP contribution in [0.15, 0.2) is 55.5 Å². The average molecular weight is 387 g/mol. The first-order chi connectivity index (χ1) is 14.3. The number of imidazole rings is 1. The van der Waals surface area contributed by atoms with Crippen molar-refractivity contribution in [1.29, 1.82) is 0 Å². The van der Waals surface area contributed by atoms with Crippen LogP contribution in [0.25, 0.3) is 16.9 Å². The van der Waals surface area contributed by atoms with Gasteiger partial charge in [-0.25, -0.2) is 19.6 Å². The fourth-order valence-corrected chi connectivity index (χ4v) is 3.89. The van der Waals surface area contributed by atoms with Crippen LogP contribution in [0.2, 0.25) is 0 Å². The molecule has 146 valence electrons. The molecule has 5 rings (SSSR count). The molecule has 1 N–H and O–H groups in total. The number of pyridine rings is 1. The fraction of sp³-hybridized carbons (Fsp3) is 0.286. The first-order valence-corrected chi connectivity index (χ1v) is 9.83. The standard InChI is InChI=1S/C21H21N7O/c29-21(24-10-15-5-7-18(8-6-15)28-13-22-12-26-28)16-9-19-20(23-11-16)27(14-25-19)17-3-1-2-4-17/h5-9,11-14,17H,1-4,10H2,(H,24,29). The molecule has 4 aromatic rings. The van der Waals surface area contributed by atoms with E-state index in [4.69, 9.17) is 0 Å². The molecule has 3 heterocycles. The second-order valence-corrected chi connectivity index (χ2v) is 7.35. The van der Waals surface area contributed by atoms with Crippen LogP contribution < -0.4 is 5.32 Å². The number of rotatable bonds is 5. The molecule has 0 saturated heterocycles. The molecule has 0 radical (unpaired) electrons. The first-order valence-electron chi connectivity index (χ1n) is 9.83. The van der Waals surface area contributed by atoms with Crippen molar-refractivity contribution in [2.24, 2.45) is 0 Å². The van der Waals surface area contributed by atoms with Crippen molar-refractivity contribution >= 4 is 17.1 Å². The predicted octanol–water partition coefficient (Wildman–Crippen LogP) is 3.06. The highest BCUT2D eigenvalue weighted by Gasteiger charge is 2.20. The van der Waals surface area contributed by atoms with Crippen LogP contribution in [0.5, 0.6) is 0 Å². The molecule has 1 aliphatic rings. The minimum atomic E-state index is -0.157. The van der Waals surface area contributed by atoms with Crippen LogP contribution in [0.3, 0.4) is 0 Å². The molecule has 0 aliphatic heterocycles. The molecule has 29 heavy (non-hydrogen) atoms. The number of benzene rings is 1. The molecule has 0 atom stereocenters. The van der Waals surface area contributed by atoms with E-state index in [1.807, 2.05) is 36.7 Å². The lowest BCUT2D eigenvalue weighted by Crippen LogP contribution is -2.23. The summed E-state index contributed by atoms with van der Waals surface area (Å²) < 4.78 is 3.84. The summed E-state index contributed by atoms with van der Waals surface area (Å²) in [7, 11) is 0. The maximum absolute atomic E-state index is 12.6. The van der Waals surface area contributed by atoms with Gasteiger partial charge in [-0.2, -0.15) is 5.10 Å². The Kier molecular flexibility index (Phi) is 4.51. The number of aromatic nitrogens is 6. The van der Waals surface area contributed by atoms with E-state index in [0.717, 1.165) is 22.4 Å². The summed E-state index contributed by atoms with van der Waals surface area (Å²) in [6, 6.07) is 10.1. The number of fused-ring (bicyclic) bond motifs is 1. The summed E-state index contributed by atoms with van der Waals surface area (Å²) in [5, 5.41) is 7.05. The van der Waals surface area contributed by atoms with Crippen molar-refractivity contribution < 1.29 is 4.79 Å². The van der Waals surface area contributed by atoms with E-state index >= 15 is 0 Å². The lowest BCUT2D eigenvalue weighted by molar-refractivity contribution is 0.0950. The molecule has 1 aliphatic carbocycles. The van der Waals surface area contributed by atoms with Gasteiger partial charge in [0.1, 0.15) is 18.2 Å². The maximum Gasteiger partial charge on any atom is 0.253 e. The summed E-state index contributed by atoms with van der Waals surface area (Å²) in [4.78, 5) is 25.5. The molecular formula is C21H21N7O. The number of hydrogen-bond acceptors (Lipinski definition) is 5. The van der Waals surface area contributed by atoms with Crippen molar-refractivity contribution in [3.8, 4) is 5.69 Å². The maximum atomic E-state index is 12.6. The SMILES string of the molecule is O=C(NCc1ccc(-n2cncn2)cc1)c1cnc2c(c1)ncn2C1CCCC1. The molecule has 8 heteroatoms. The van der Waals surface area contributed by atoms with Gasteiger partial charge in [0.25, 0.3) is 5.91 Å². The number of amides is 1. The predicted molar refractivity (Wildman–Crippen MR) is 108 cm³/mol. The van der Waals surface area contributed by atoms with E-state index in [-0.39, 0.29) is 5.91 Å². The van der Waals surface area contributed by atoms with Crippen molar-refractivity contribution in [3.63, 3.8) is 0 Å². The van der Waals surface area contributed by atoms with Crippen molar-refractivity contribution in [3.05, 3.63) is 66.6 Å². The molecule has 1 aromatic carbocycles. The third-order valence-electron chi connectivity index (χ3n) is 5.47. The quantitative estimate of drug-likeness (QED) is 0.568. The zero-order valence-corrected chi connectivity index (χ0v) is 15.9. The van der Waals surface area contributed by atoms with Gasteiger partial charge >= 0.3 is 0 Å². The van der Waals surface area contributed by atoms with Crippen LogP contribution >= 0.6 is 0 Å². The van der Waals surface area contributed by atoms with Crippen LogP contribution in [0.1, 0.15) is 47.6 Å². The zero-order chi connectivity index (χ0) is 19.6. The van der Waals surface area contributed by atoms with Gasteiger partial charge in [0.05, 0.1) is 17.6 Å². The Balaban J connectivity index is 1.26. The van der Waals surface area contributed by atoms with Crippen LogP contribution in [0.4, 0.5) is 0 Å². The monoisotopic (exact) mass is 387 g/mol. The number of hydrogen-bond donors (Lipinski definition) is 1. The third kappa shape index (κ3) is 3.49. The van der Waals surface area contributed by atoms with Crippen LogP contribution in [-0.2, 0) is 6.54 Å². The molecule has 0 bridgehead atoms. The minimum Gasteiger partial charge on any atom is -0.348 e. The molecular weight excluding hydrogens is 366 g/mol. The minimum absolute atomic E-state index is 0.157. The second-order valence-electron chi connectivity index (χ2n) is 7.35. The smallest absolute Gasteiger partial charge is 0.253 e. The van der Waals surface area contributed by atoms with Gasteiger partial charge in [0.2, 0.25) is 0 Å². The van der Waals surface area contributed by atoms with Crippen LogP contribution in [-0.4, -0.2) is 35.2 Å². The Morgan fingerprint density at radius 2 is 1.93 bits per heavy atom. The van der Waals surface area contributed by atoms with E-state index in [1.165, 1.54) is 32.0 Å². The average Bonchev–Trinajstić information content (AvgIpc) is 3.53. The van der Waals surface area contributed by atoms with Gasteiger partial charge < -0.3 is 9.88 Å². The normalized spacial score (nSPS) is 14.5. The van der Waals surface area contributed by atoms with E-state index < -0.39 is 0 Å². The number of carbonyl (C=O) groups is 1. The lowest BCUT2D eigenvalue weighted by atomic mass is 10.2. The van der Waals surface area contributed by atoms with Crippen molar-refractivity contribution in [2.45, 2.75) is 38.3 Å². The first kappa shape index (κ1) is 17.5. The van der Waals surface area contributed by atoms with E-state index in [1.54, 1.807) is 17.2 Å².